The highest BCUT2D eigenvalue weighted by Gasteiger charge is 2.14. The van der Waals surface area contributed by atoms with E-state index in [9.17, 15) is 8.42 Å². The molecule has 102 valence electrons. The van der Waals surface area contributed by atoms with Gasteiger partial charge in [-0.1, -0.05) is 0 Å². The second kappa shape index (κ2) is 5.28. The minimum atomic E-state index is -3.63. The number of hydrogen-bond donors (Lipinski definition) is 2. The molecule has 0 saturated heterocycles. The fourth-order valence-corrected chi connectivity index (χ4v) is 2.30. The van der Waals surface area contributed by atoms with Crippen LogP contribution >= 0.6 is 0 Å². The van der Waals surface area contributed by atoms with Gasteiger partial charge in [-0.3, -0.25) is 0 Å². The summed E-state index contributed by atoms with van der Waals surface area (Å²) in [5, 5.41) is 7.56. The van der Waals surface area contributed by atoms with Crippen molar-refractivity contribution >= 4 is 16.0 Å². The molecule has 2 heterocycles. The first-order valence-electron chi connectivity index (χ1n) is 5.39. The molecule has 3 N–H and O–H groups in total. The Bertz CT molecular complexity index is 649. The summed E-state index contributed by atoms with van der Waals surface area (Å²) >= 11 is 0. The molecule has 0 aliphatic rings. The summed E-state index contributed by atoms with van der Waals surface area (Å²) in [4.78, 5) is 7.25. The fourth-order valence-electron chi connectivity index (χ4n) is 1.38. The lowest BCUT2D eigenvalue weighted by Crippen LogP contribution is -2.27. The van der Waals surface area contributed by atoms with Gasteiger partial charge in [-0.2, -0.15) is 0 Å². The third-order valence-corrected chi connectivity index (χ3v) is 3.82. The van der Waals surface area contributed by atoms with E-state index in [-0.39, 0.29) is 17.4 Å². The first-order valence-corrected chi connectivity index (χ1v) is 6.87. The molecule has 0 radical (unpaired) electrons. The molecule has 0 bridgehead atoms. The van der Waals surface area contributed by atoms with Crippen molar-refractivity contribution in [2.75, 3.05) is 12.3 Å². The van der Waals surface area contributed by atoms with Crippen molar-refractivity contribution in [1.29, 1.82) is 0 Å². The Morgan fingerprint density at radius 2 is 2.05 bits per heavy atom. The first-order chi connectivity index (χ1) is 8.99. The topological polar surface area (TPSA) is 129 Å². The molecular weight excluding hydrogens is 270 g/mol. The van der Waals surface area contributed by atoms with Gasteiger partial charge in [0.15, 0.2) is 0 Å². The third kappa shape index (κ3) is 3.23. The largest absolute Gasteiger partial charge is 0.368 e. The zero-order valence-electron chi connectivity index (χ0n) is 10.2. The van der Waals surface area contributed by atoms with Crippen molar-refractivity contribution in [1.82, 2.24) is 29.5 Å². The van der Waals surface area contributed by atoms with E-state index in [0.717, 1.165) is 12.4 Å². The van der Waals surface area contributed by atoms with Crippen LogP contribution in [0.3, 0.4) is 0 Å². The Kier molecular flexibility index (Phi) is 3.71. The Morgan fingerprint density at radius 1 is 1.37 bits per heavy atom. The molecule has 0 amide bonds. The van der Waals surface area contributed by atoms with E-state index in [2.05, 4.69) is 24.9 Å². The number of anilines is 1. The molecule has 2 rings (SSSR count). The molecule has 0 aromatic carbocycles. The number of sulfonamides is 1. The molecule has 0 atom stereocenters. The highest BCUT2D eigenvalue weighted by atomic mass is 32.2. The normalized spacial score (nSPS) is 11.6. The minimum absolute atomic E-state index is 0.0260. The van der Waals surface area contributed by atoms with Crippen molar-refractivity contribution in [3.63, 3.8) is 0 Å². The second-order valence-corrected chi connectivity index (χ2v) is 5.55. The fraction of sp³-hybridized carbons (Fsp3) is 0.333. The lowest BCUT2D eigenvalue weighted by atomic mass is 10.4. The van der Waals surface area contributed by atoms with Gasteiger partial charge in [0.25, 0.3) is 0 Å². The second-order valence-electron chi connectivity index (χ2n) is 3.78. The zero-order valence-corrected chi connectivity index (χ0v) is 11.0. The summed E-state index contributed by atoms with van der Waals surface area (Å²) in [6.45, 7) is 0.208. The number of rotatable bonds is 5. The van der Waals surface area contributed by atoms with Crippen molar-refractivity contribution in [2.24, 2.45) is 7.05 Å². The maximum atomic E-state index is 11.9. The van der Waals surface area contributed by atoms with Crippen LogP contribution in [-0.4, -0.2) is 39.7 Å². The van der Waals surface area contributed by atoms with Gasteiger partial charge in [0.1, 0.15) is 17.0 Å². The number of hydrogen-bond acceptors (Lipinski definition) is 7. The van der Waals surface area contributed by atoms with E-state index in [0.29, 0.717) is 12.2 Å². The molecule has 2 aromatic rings. The van der Waals surface area contributed by atoms with Crippen LogP contribution in [0.25, 0.3) is 0 Å². The van der Waals surface area contributed by atoms with Crippen molar-refractivity contribution in [2.45, 2.75) is 11.3 Å². The van der Waals surface area contributed by atoms with Crippen molar-refractivity contribution in [3.05, 3.63) is 24.5 Å². The van der Waals surface area contributed by atoms with Crippen molar-refractivity contribution < 1.29 is 8.42 Å². The molecule has 0 saturated carbocycles. The van der Waals surface area contributed by atoms with Crippen LogP contribution in [0.4, 0.5) is 5.95 Å². The van der Waals surface area contributed by atoms with Gasteiger partial charge in [-0.25, -0.2) is 23.1 Å². The average Bonchev–Trinajstić information content (AvgIpc) is 2.75. The van der Waals surface area contributed by atoms with Crippen LogP contribution in [0.15, 0.2) is 23.6 Å². The third-order valence-electron chi connectivity index (χ3n) is 2.40. The number of aryl methyl sites for hydroxylation is 1. The summed E-state index contributed by atoms with van der Waals surface area (Å²) in [7, 11) is -1.84. The van der Waals surface area contributed by atoms with Crippen LogP contribution in [-0.2, 0) is 23.5 Å². The molecule has 0 spiro atoms. The van der Waals surface area contributed by atoms with Gasteiger partial charge >= 0.3 is 0 Å². The van der Waals surface area contributed by atoms with Crippen LogP contribution in [0.1, 0.15) is 5.82 Å². The summed E-state index contributed by atoms with van der Waals surface area (Å²) in [6.07, 6.45) is 4.31. The summed E-state index contributed by atoms with van der Waals surface area (Å²) in [5.74, 6) is 0.717. The highest BCUT2D eigenvalue weighted by molar-refractivity contribution is 7.89. The van der Waals surface area contributed by atoms with E-state index in [1.165, 1.54) is 0 Å². The van der Waals surface area contributed by atoms with E-state index >= 15 is 0 Å². The number of nitrogens with two attached hydrogens (primary N) is 1. The Balaban J connectivity index is 1.98. The summed E-state index contributed by atoms with van der Waals surface area (Å²) in [5.41, 5.74) is 5.30. The van der Waals surface area contributed by atoms with Gasteiger partial charge in [0.05, 0.1) is 12.4 Å². The average molecular weight is 283 g/mol. The maximum Gasteiger partial charge on any atom is 0.243 e. The maximum absolute atomic E-state index is 11.9. The van der Waals surface area contributed by atoms with Crippen molar-refractivity contribution in [3.8, 4) is 0 Å². The highest BCUT2D eigenvalue weighted by Crippen LogP contribution is 2.05. The standard InChI is InChI=1S/C9H13N7O2S/c1-16-6-13-15-8(16)2-3-14-19(17,18)7-4-11-9(10)12-5-7/h4-6,14H,2-3H2,1H3,(H2,10,11,12). The molecule has 0 unspecified atom stereocenters. The van der Waals surface area contributed by atoms with Gasteiger partial charge in [0, 0.05) is 20.0 Å². The van der Waals surface area contributed by atoms with Gasteiger partial charge in [0.2, 0.25) is 16.0 Å². The Labute approximate surface area is 110 Å². The molecule has 10 heteroatoms. The first kappa shape index (κ1) is 13.4. The molecule has 19 heavy (non-hydrogen) atoms. The Morgan fingerprint density at radius 3 is 2.63 bits per heavy atom. The number of nitrogen functional groups attached to an aromatic ring is 1. The molecule has 0 aliphatic carbocycles. The van der Waals surface area contributed by atoms with Crippen LogP contribution in [0.5, 0.6) is 0 Å². The predicted molar refractivity (Wildman–Crippen MR) is 66.3 cm³/mol. The minimum Gasteiger partial charge on any atom is -0.368 e. The van der Waals surface area contributed by atoms with E-state index in [1.54, 1.807) is 17.9 Å². The van der Waals surface area contributed by atoms with Crippen LogP contribution < -0.4 is 10.5 Å². The molecule has 0 aliphatic heterocycles. The number of nitrogens with zero attached hydrogens (tertiary/aromatic N) is 5. The SMILES string of the molecule is Cn1cnnc1CCNS(=O)(=O)c1cnc(N)nc1. The van der Waals surface area contributed by atoms with Gasteiger partial charge < -0.3 is 10.3 Å². The smallest absolute Gasteiger partial charge is 0.243 e. The number of aromatic nitrogens is 5. The molecule has 0 fully saturated rings. The quantitative estimate of drug-likeness (QED) is 0.698. The molecule has 2 aromatic heterocycles. The van der Waals surface area contributed by atoms with E-state index in [1.807, 2.05) is 0 Å². The Hall–Kier alpha value is -2.07. The number of nitrogens with one attached hydrogen (secondary N) is 1. The van der Waals surface area contributed by atoms with Gasteiger partial charge in [-0.05, 0) is 0 Å². The van der Waals surface area contributed by atoms with E-state index in [4.69, 9.17) is 5.73 Å². The molecule has 9 nitrogen and oxygen atoms in total. The van der Waals surface area contributed by atoms with Crippen LogP contribution in [0.2, 0.25) is 0 Å². The van der Waals surface area contributed by atoms with Crippen LogP contribution in [0, 0.1) is 0 Å². The van der Waals surface area contributed by atoms with Gasteiger partial charge in [-0.15, -0.1) is 10.2 Å². The summed E-state index contributed by atoms with van der Waals surface area (Å²) < 4.78 is 27.9. The summed E-state index contributed by atoms with van der Waals surface area (Å²) in [6, 6.07) is 0. The van der Waals surface area contributed by atoms with E-state index < -0.39 is 10.0 Å². The predicted octanol–water partition coefficient (Wildman–Crippen LogP) is -1.29. The lowest BCUT2D eigenvalue weighted by Gasteiger charge is -2.05. The lowest BCUT2D eigenvalue weighted by molar-refractivity contribution is 0.579. The molecular formula is C9H13N7O2S. The zero-order chi connectivity index (χ0) is 13.9. The monoisotopic (exact) mass is 283 g/mol.